The maximum Gasteiger partial charge on any atom is 0.338 e. The van der Waals surface area contributed by atoms with E-state index in [-0.39, 0.29) is 18.0 Å². The molecule has 1 rings (SSSR count). The van der Waals surface area contributed by atoms with E-state index in [1.54, 1.807) is 13.8 Å². The Kier molecular flexibility index (Phi) is 4.42. The van der Waals surface area contributed by atoms with Gasteiger partial charge in [-0.15, -0.1) is 0 Å². The van der Waals surface area contributed by atoms with Crippen LogP contribution in [0.4, 0.5) is 4.39 Å². The lowest BCUT2D eigenvalue weighted by atomic mass is 10.2. The number of hydrogen-bond donors (Lipinski definition) is 1. The van der Waals surface area contributed by atoms with Crippen molar-refractivity contribution >= 4 is 16.0 Å². The molecule has 18 heavy (non-hydrogen) atoms. The van der Waals surface area contributed by atoms with Gasteiger partial charge in [0.2, 0.25) is 10.0 Å². The molecule has 1 N–H and O–H groups in total. The fourth-order valence-electron chi connectivity index (χ4n) is 1.54. The van der Waals surface area contributed by atoms with Gasteiger partial charge in [0.15, 0.2) is 0 Å². The van der Waals surface area contributed by atoms with Crippen LogP contribution in [0.5, 0.6) is 0 Å². The Labute approximate surface area is 105 Å². The van der Waals surface area contributed by atoms with Crippen molar-refractivity contribution in [1.82, 2.24) is 4.31 Å². The summed E-state index contributed by atoms with van der Waals surface area (Å²) in [6.07, 6.45) is 0. The molecular formula is C11H14FNO4S. The molecule has 0 aliphatic carbocycles. The Morgan fingerprint density at radius 1 is 1.33 bits per heavy atom. The van der Waals surface area contributed by atoms with Gasteiger partial charge in [-0.3, -0.25) is 0 Å². The third-order valence-corrected chi connectivity index (χ3v) is 4.56. The summed E-state index contributed by atoms with van der Waals surface area (Å²) in [5.41, 5.74) is -0.650. The molecule has 0 aliphatic heterocycles. The number of rotatable bonds is 5. The normalized spacial score (nSPS) is 11.8. The Balaban J connectivity index is 3.34. The molecule has 7 heteroatoms. The van der Waals surface area contributed by atoms with Gasteiger partial charge in [-0.25, -0.2) is 17.6 Å². The van der Waals surface area contributed by atoms with Crippen LogP contribution in [-0.4, -0.2) is 36.9 Å². The summed E-state index contributed by atoms with van der Waals surface area (Å²) < 4.78 is 38.5. The smallest absolute Gasteiger partial charge is 0.338 e. The number of benzene rings is 1. The van der Waals surface area contributed by atoms with Crippen molar-refractivity contribution in [3.8, 4) is 0 Å². The van der Waals surface area contributed by atoms with Crippen LogP contribution in [0.2, 0.25) is 0 Å². The van der Waals surface area contributed by atoms with Crippen LogP contribution < -0.4 is 0 Å². The third kappa shape index (κ3) is 2.68. The van der Waals surface area contributed by atoms with Crippen LogP contribution in [0, 0.1) is 5.82 Å². The molecule has 100 valence electrons. The van der Waals surface area contributed by atoms with Gasteiger partial charge in [-0.1, -0.05) is 13.8 Å². The number of halogens is 1. The van der Waals surface area contributed by atoms with Gasteiger partial charge < -0.3 is 5.11 Å². The molecule has 0 bridgehead atoms. The van der Waals surface area contributed by atoms with E-state index in [4.69, 9.17) is 5.11 Å². The number of carboxylic acid groups (broad SMARTS) is 1. The molecule has 0 aliphatic rings. The van der Waals surface area contributed by atoms with Gasteiger partial charge in [0.05, 0.1) is 10.5 Å². The third-order valence-electron chi connectivity index (χ3n) is 2.51. The zero-order valence-electron chi connectivity index (χ0n) is 10.1. The molecule has 0 spiro atoms. The van der Waals surface area contributed by atoms with Gasteiger partial charge in [0, 0.05) is 13.1 Å². The van der Waals surface area contributed by atoms with Crippen LogP contribution >= 0.6 is 0 Å². The van der Waals surface area contributed by atoms with Gasteiger partial charge >= 0.3 is 5.97 Å². The average molecular weight is 275 g/mol. The molecule has 0 saturated carbocycles. The predicted octanol–water partition coefficient (Wildman–Crippen LogP) is 1.55. The number of aromatic carboxylic acids is 1. The number of nitrogens with zero attached hydrogens (tertiary/aromatic N) is 1. The second-order valence-corrected chi connectivity index (χ2v) is 5.47. The Morgan fingerprint density at radius 2 is 1.89 bits per heavy atom. The molecular weight excluding hydrogens is 261 g/mol. The second-order valence-electron chi connectivity index (χ2n) is 3.54. The second kappa shape index (κ2) is 5.45. The summed E-state index contributed by atoms with van der Waals surface area (Å²) in [4.78, 5) is 10.5. The van der Waals surface area contributed by atoms with Gasteiger partial charge in [0.25, 0.3) is 0 Å². The van der Waals surface area contributed by atoms with Gasteiger partial charge in [-0.2, -0.15) is 4.31 Å². The Hall–Kier alpha value is -1.47. The number of carboxylic acids is 1. The molecule has 0 aromatic heterocycles. The van der Waals surface area contributed by atoms with Crippen molar-refractivity contribution in [3.05, 3.63) is 29.6 Å². The largest absolute Gasteiger partial charge is 0.478 e. The van der Waals surface area contributed by atoms with E-state index in [2.05, 4.69) is 0 Å². The lowest BCUT2D eigenvalue weighted by Crippen LogP contribution is -2.30. The van der Waals surface area contributed by atoms with E-state index < -0.39 is 27.4 Å². The molecule has 0 saturated heterocycles. The SMILES string of the molecule is CCN(CC)S(=O)(=O)c1ccc(F)c(C(=O)O)c1. The van der Waals surface area contributed by atoms with Gasteiger partial charge in [0.1, 0.15) is 5.82 Å². The zero-order chi connectivity index (χ0) is 13.9. The summed E-state index contributed by atoms with van der Waals surface area (Å²) in [5.74, 6) is -2.45. The van der Waals surface area contributed by atoms with Crippen molar-refractivity contribution < 1.29 is 22.7 Å². The number of sulfonamides is 1. The minimum atomic E-state index is -3.77. The van der Waals surface area contributed by atoms with Crippen molar-refractivity contribution in [2.24, 2.45) is 0 Å². The maximum absolute atomic E-state index is 13.2. The summed E-state index contributed by atoms with van der Waals surface area (Å²) in [7, 11) is -3.77. The highest BCUT2D eigenvalue weighted by Crippen LogP contribution is 2.19. The van der Waals surface area contributed by atoms with Crippen LogP contribution in [0.3, 0.4) is 0 Å². The van der Waals surface area contributed by atoms with E-state index >= 15 is 0 Å². The molecule has 0 atom stereocenters. The molecule has 0 radical (unpaired) electrons. The lowest BCUT2D eigenvalue weighted by Gasteiger charge is -2.18. The summed E-state index contributed by atoms with van der Waals surface area (Å²) in [5, 5.41) is 8.76. The van der Waals surface area contributed by atoms with E-state index in [0.29, 0.717) is 0 Å². The summed E-state index contributed by atoms with van der Waals surface area (Å²) >= 11 is 0. The summed E-state index contributed by atoms with van der Waals surface area (Å²) in [6, 6.07) is 2.75. The minimum absolute atomic E-state index is 0.218. The van der Waals surface area contributed by atoms with Crippen molar-refractivity contribution in [1.29, 1.82) is 0 Å². The minimum Gasteiger partial charge on any atom is -0.478 e. The number of hydrogen-bond acceptors (Lipinski definition) is 3. The average Bonchev–Trinajstić information content (AvgIpc) is 2.30. The molecule has 1 aromatic carbocycles. The molecule has 5 nitrogen and oxygen atoms in total. The Bertz CT molecular complexity index is 552. The highest BCUT2D eigenvalue weighted by molar-refractivity contribution is 7.89. The van der Waals surface area contributed by atoms with E-state index in [9.17, 15) is 17.6 Å². The highest BCUT2D eigenvalue weighted by Gasteiger charge is 2.23. The fourth-order valence-corrected chi connectivity index (χ4v) is 3.03. The molecule has 1 aromatic rings. The quantitative estimate of drug-likeness (QED) is 0.884. The predicted molar refractivity (Wildman–Crippen MR) is 63.5 cm³/mol. The molecule has 0 fully saturated rings. The molecule has 0 amide bonds. The number of carbonyl (C=O) groups is 1. The van der Waals surface area contributed by atoms with E-state index in [1.807, 2.05) is 0 Å². The topological polar surface area (TPSA) is 74.7 Å². The van der Waals surface area contributed by atoms with Crippen molar-refractivity contribution in [2.75, 3.05) is 13.1 Å². The highest BCUT2D eigenvalue weighted by atomic mass is 32.2. The van der Waals surface area contributed by atoms with Crippen LogP contribution in [0.25, 0.3) is 0 Å². The van der Waals surface area contributed by atoms with E-state index in [0.717, 1.165) is 18.2 Å². The summed E-state index contributed by atoms with van der Waals surface area (Å²) in [6.45, 7) is 3.86. The molecule has 0 heterocycles. The zero-order valence-corrected chi connectivity index (χ0v) is 10.9. The maximum atomic E-state index is 13.2. The van der Waals surface area contributed by atoms with Gasteiger partial charge in [-0.05, 0) is 18.2 Å². The first-order valence-corrected chi connectivity index (χ1v) is 6.81. The van der Waals surface area contributed by atoms with Crippen LogP contribution in [-0.2, 0) is 10.0 Å². The van der Waals surface area contributed by atoms with Crippen LogP contribution in [0.1, 0.15) is 24.2 Å². The van der Waals surface area contributed by atoms with Crippen LogP contribution in [0.15, 0.2) is 23.1 Å². The van der Waals surface area contributed by atoms with Crippen molar-refractivity contribution in [3.63, 3.8) is 0 Å². The standard InChI is InChI=1S/C11H14FNO4S/c1-3-13(4-2)18(16,17)8-5-6-10(12)9(7-8)11(14)15/h5-7H,3-4H2,1-2H3,(H,14,15). The first-order chi connectivity index (χ1) is 8.34. The monoisotopic (exact) mass is 275 g/mol. The first-order valence-electron chi connectivity index (χ1n) is 5.37. The molecule has 0 unspecified atom stereocenters. The first kappa shape index (κ1) is 14.6. The Morgan fingerprint density at radius 3 is 2.33 bits per heavy atom. The lowest BCUT2D eigenvalue weighted by molar-refractivity contribution is 0.0691. The van der Waals surface area contributed by atoms with E-state index in [1.165, 1.54) is 4.31 Å². The van der Waals surface area contributed by atoms with Crippen molar-refractivity contribution in [2.45, 2.75) is 18.7 Å². The fraction of sp³-hybridized carbons (Fsp3) is 0.364.